The molecular formula is C41H47BrF2N10O4Si2. The summed E-state index contributed by atoms with van der Waals surface area (Å²) in [6.45, 7) is 17.9. The predicted octanol–water partition coefficient (Wildman–Crippen LogP) is 9.57. The van der Waals surface area contributed by atoms with E-state index < -0.39 is 16.1 Å². The molecule has 19 heteroatoms. The number of aryl methyl sites for hydroxylation is 1. The summed E-state index contributed by atoms with van der Waals surface area (Å²) in [7, 11) is -2.25. The number of aromatic nitrogens is 10. The molecule has 0 bridgehead atoms. The van der Waals surface area contributed by atoms with Crippen molar-refractivity contribution in [1.82, 2.24) is 49.5 Å². The van der Waals surface area contributed by atoms with E-state index in [1.54, 1.807) is 41.5 Å². The average molecular weight is 918 g/mol. The van der Waals surface area contributed by atoms with Gasteiger partial charge in [0.05, 0.1) is 34.6 Å². The van der Waals surface area contributed by atoms with E-state index in [4.69, 9.17) is 9.47 Å². The molecule has 0 spiro atoms. The number of rotatable bonds is 13. The molecule has 0 atom stereocenters. The summed E-state index contributed by atoms with van der Waals surface area (Å²) in [6.07, 6.45) is 8.22. The zero-order valence-electron chi connectivity index (χ0n) is 34.5. The lowest BCUT2D eigenvalue weighted by atomic mass is 10.1. The summed E-state index contributed by atoms with van der Waals surface area (Å²) in [4.78, 5) is 40.3. The van der Waals surface area contributed by atoms with Crippen molar-refractivity contribution in [1.29, 1.82) is 0 Å². The normalized spacial score (nSPS) is 11.8. The van der Waals surface area contributed by atoms with Crippen LogP contribution in [-0.2, 0) is 22.9 Å². The van der Waals surface area contributed by atoms with Gasteiger partial charge in [0.25, 0.3) is 0 Å². The van der Waals surface area contributed by atoms with E-state index in [1.807, 2.05) is 11.5 Å². The summed E-state index contributed by atoms with van der Waals surface area (Å²) in [5.41, 5.74) is 6.61. The molecule has 60 heavy (non-hydrogen) atoms. The Labute approximate surface area is 355 Å². The molecule has 0 aliphatic carbocycles. The lowest BCUT2D eigenvalue weighted by Gasteiger charge is -2.15. The van der Waals surface area contributed by atoms with Crippen LogP contribution in [0.5, 0.6) is 0 Å². The Morgan fingerprint density at radius 3 is 1.87 bits per heavy atom. The molecule has 0 radical (unpaired) electrons. The second-order valence-corrected chi connectivity index (χ2v) is 28.7. The number of halogens is 3. The van der Waals surface area contributed by atoms with Crippen molar-refractivity contribution in [3.63, 3.8) is 0 Å². The topological polar surface area (TPSA) is 171 Å². The maximum atomic E-state index is 13.4. The van der Waals surface area contributed by atoms with Crippen molar-refractivity contribution in [2.45, 2.75) is 71.8 Å². The summed E-state index contributed by atoms with van der Waals surface area (Å²) in [5, 5.41) is 15.5. The fraction of sp³-hybridized carbons (Fsp3) is 0.317. The highest BCUT2D eigenvalue weighted by Crippen LogP contribution is 2.28. The first kappa shape index (κ1) is 44.2. The van der Waals surface area contributed by atoms with Gasteiger partial charge in [0.1, 0.15) is 52.1 Å². The number of nitrogens with one attached hydrogen (secondary N) is 2. The second kappa shape index (κ2) is 18.9. The van der Waals surface area contributed by atoms with Gasteiger partial charge in [0, 0.05) is 64.3 Å². The van der Waals surface area contributed by atoms with Crippen molar-refractivity contribution in [2.75, 3.05) is 13.2 Å². The number of benzene rings is 2. The fourth-order valence-corrected chi connectivity index (χ4v) is 7.80. The van der Waals surface area contributed by atoms with Crippen LogP contribution < -0.4 is 0 Å². The van der Waals surface area contributed by atoms with Crippen molar-refractivity contribution in [3.05, 3.63) is 94.2 Å². The molecule has 8 rings (SSSR count). The highest BCUT2D eigenvalue weighted by Gasteiger charge is 2.18. The zero-order chi connectivity index (χ0) is 43.2. The molecule has 6 heterocycles. The van der Waals surface area contributed by atoms with Crippen LogP contribution in [0.3, 0.4) is 0 Å². The van der Waals surface area contributed by atoms with Gasteiger partial charge in [-0.1, -0.05) is 39.3 Å². The Hall–Kier alpha value is -5.35. The minimum Gasteiger partial charge on any atom is -0.361 e. The van der Waals surface area contributed by atoms with Gasteiger partial charge in [-0.25, -0.2) is 28.7 Å². The van der Waals surface area contributed by atoms with Crippen LogP contribution in [0.25, 0.3) is 55.5 Å². The number of ether oxygens (including phenoxy) is 2. The molecule has 0 saturated carbocycles. The monoisotopic (exact) mass is 916 g/mol. The van der Waals surface area contributed by atoms with Crippen LogP contribution in [0.2, 0.25) is 51.4 Å². The SMILES string of the molecule is C[Si](C)(C)CCOCn1cc(C=O)c2nc(-c3n[nH]c4cc(F)ccc34)cnc21.C[Si](C)(C)CCOCn1cc(C=O)c2nc(Br)cnc21.Cc1[nH]nc2cc(F)ccc12. The Bertz CT molecular complexity index is 2770. The molecule has 2 N–H and O–H groups in total. The average Bonchev–Trinajstić information content (AvgIpc) is 3.97. The third-order valence-electron chi connectivity index (χ3n) is 9.34. The number of hydrogen-bond donors (Lipinski definition) is 2. The zero-order valence-corrected chi connectivity index (χ0v) is 38.1. The third-order valence-corrected chi connectivity index (χ3v) is 13.1. The van der Waals surface area contributed by atoms with Crippen LogP contribution in [0.4, 0.5) is 8.78 Å². The molecule has 6 aromatic heterocycles. The number of carbonyl (C=O) groups excluding carboxylic acids is 2. The molecule has 8 aromatic rings. The van der Waals surface area contributed by atoms with Gasteiger partial charge >= 0.3 is 0 Å². The van der Waals surface area contributed by atoms with Crippen LogP contribution in [0, 0.1) is 18.6 Å². The number of aromatic amines is 2. The summed E-state index contributed by atoms with van der Waals surface area (Å²) >= 11 is 3.27. The van der Waals surface area contributed by atoms with Gasteiger partial charge in [0.2, 0.25) is 0 Å². The number of aldehydes is 2. The smallest absolute Gasteiger partial charge is 0.161 e. The van der Waals surface area contributed by atoms with E-state index in [-0.39, 0.29) is 11.6 Å². The molecule has 0 aliphatic rings. The van der Waals surface area contributed by atoms with Gasteiger partial charge in [-0.3, -0.25) is 19.8 Å². The maximum absolute atomic E-state index is 13.4. The maximum Gasteiger partial charge on any atom is 0.161 e. The lowest BCUT2D eigenvalue weighted by Crippen LogP contribution is -2.22. The van der Waals surface area contributed by atoms with Crippen LogP contribution in [0.15, 0.2) is 65.8 Å². The molecule has 0 aliphatic heterocycles. The number of nitrogens with zero attached hydrogens (tertiary/aromatic N) is 8. The first-order valence-corrected chi connectivity index (χ1v) is 27.4. The predicted molar refractivity (Wildman–Crippen MR) is 238 cm³/mol. The Kier molecular flexibility index (Phi) is 13.9. The van der Waals surface area contributed by atoms with Crippen LogP contribution >= 0.6 is 15.9 Å². The second-order valence-electron chi connectivity index (χ2n) is 16.6. The lowest BCUT2D eigenvalue weighted by molar-refractivity contribution is 0.0895. The number of H-pyrrole nitrogens is 2. The Morgan fingerprint density at radius 1 is 0.733 bits per heavy atom. The largest absolute Gasteiger partial charge is 0.361 e. The van der Waals surface area contributed by atoms with E-state index in [1.165, 1.54) is 24.3 Å². The summed E-state index contributed by atoms with van der Waals surface area (Å²) in [5.74, 6) is -0.590. The summed E-state index contributed by atoms with van der Waals surface area (Å²) in [6, 6.07) is 11.2. The van der Waals surface area contributed by atoms with Crippen molar-refractivity contribution in [2.24, 2.45) is 0 Å². The number of fused-ring (bicyclic) bond motifs is 4. The minimum absolute atomic E-state index is 0.246. The van der Waals surface area contributed by atoms with Gasteiger partial charge in [-0.2, -0.15) is 10.2 Å². The molecule has 0 saturated heterocycles. The minimum atomic E-state index is -1.17. The van der Waals surface area contributed by atoms with E-state index in [2.05, 4.69) is 95.5 Å². The van der Waals surface area contributed by atoms with E-state index in [0.717, 1.165) is 47.7 Å². The van der Waals surface area contributed by atoms with Gasteiger partial charge < -0.3 is 18.6 Å². The standard InChI is InChI=1S/C20H22FN5O2Si.C13H18BrN3O2Si.C8H7FN2/c1-29(2,3)7-6-28-12-26-10-13(11-27)18-20(26)22-9-17(23-18)19-15-5-4-14(21)8-16(15)24-25-19;1-20(2,3)5-4-19-9-17-7-10(8-18)12-13(17)15-6-11(14)16-12;1-5-7-3-2-6(9)4-8(7)11-10-5/h4-5,8-11H,6-7,12H2,1-3H3,(H,24,25);6-8H,4-5,9H2,1-3H3;2-4H,1H3,(H,10,11). The first-order valence-electron chi connectivity index (χ1n) is 19.2. The highest BCUT2D eigenvalue weighted by atomic mass is 79.9. The molecule has 0 fully saturated rings. The van der Waals surface area contributed by atoms with Crippen LogP contribution in [-0.4, -0.2) is 91.4 Å². The molecular weight excluding hydrogens is 871 g/mol. The van der Waals surface area contributed by atoms with Crippen LogP contribution in [0.1, 0.15) is 26.4 Å². The fourth-order valence-electron chi connectivity index (χ4n) is 6.00. The highest BCUT2D eigenvalue weighted by molar-refractivity contribution is 9.10. The quantitative estimate of drug-likeness (QED) is 0.0645. The Morgan fingerprint density at radius 2 is 1.28 bits per heavy atom. The van der Waals surface area contributed by atoms with Gasteiger partial charge in [0.15, 0.2) is 23.9 Å². The molecule has 314 valence electrons. The van der Waals surface area contributed by atoms with Gasteiger partial charge in [-0.05, 0) is 65.3 Å². The summed E-state index contributed by atoms with van der Waals surface area (Å²) < 4.78 is 41.7. The van der Waals surface area contributed by atoms with Gasteiger partial charge in [-0.15, -0.1) is 0 Å². The van der Waals surface area contributed by atoms with E-state index >= 15 is 0 Å². The number of carbonyl (C=O) groups is 2. The van der Waals surface area contributed by atoms with Crippen molar-refractivity contribution >= 4 is 88.8 Å². The van der Waals surface area contributed by atoms with E-state index in [9.17, 15) is 18.4 Å². The molecule has 14 nitrogen and oxygen atoms in total. The van der Waals surface area contributed by atoms with Crippen molar-refractivity contribution in [3.8, 4) is 11.4 Å². The molecule has 2 aromatic carbocycles. The molecule has 0 unspecified atom stereocenters. The third kappa shape index (κ3) is 11.1. The first-order chi connectivity index (χ1) is 28.5. The van der Waals surface area contributed by atoms with E-state index in [0.29, 0.717) is 80.5 Å². The Balaban J connectivity index is 0.000000167. The molecule has 0 amide bonds. The number of hydrogen-bond acceptors (Lipinski definition) is 10. The van der Waals surface area contributed by atoms with Crippen molar-refractivity contribution < 1.29 is 27.8 Å².